The third kappa shape index (κ3) is 3.81. The number of benzene rings is 2. The van der Waals surface area contributed by atoms with E-state index in [9.17, 15) is 13.2 Å². The molecule has 0 aliphatic carbocycles. The fourth-order valence-corrected chi connectivity index (χ4v) is 4.10. The molecule has 2 aromatic rings. The molecule has 1 amide bonds. The van der Waals surface area contributed by atoms with Gasteiger partial charge in [-0.05, 0) is 63.1 Å². The fourth-order valence-electron chi connectivity index (χ4n) is 3.37. The van der Waals surface area contributed by atoms with Crippen LogP contribution in [0.4, 0.5) is 0 Å². The first kappa shape index (κ1) is 18.6. The molecule has 1 atom stereocenters. The summed E-state index contributed by atoms with van der Waals surface area (Å²) in [5.41, 5.74) is 2.86. The van der Waals surface area contributed by atoms with Gasteiger partial charge in [-0.25, -0.2) is 13.1 Å². The number of amides is 1. The predicted octanol–water partition coefficient (Wildman–Crippen LogP) is 3.27. The lowest BCUT2D eigenvalue weighted by molar-refractivity contribution is 0.0611. The molecule has 1 N–H and O–H groups in total. The summed E-state index contributed by atoms with van der Waals surface area (Å²) in [6, 6.07) is 14.5. The number of carbonyl (C=O) groups is 1. The summed E-state index contributed by atoms with van der Waals surface area (Å²) in [6.45, 7) is 2.77. The Kier molecular flexibility index (Phi) is 5.44. The summed E-state index contributed by atoms with van der Waals surface area (Å²) in [4.78, 5) is 15.1. The van der Waals surface area contributed by atoms with E-state index >= 15 is 0 Å². The number of hydrogen-bond donors (Lipinski definition) is 1. The Labute approximate surface area is 155 Å². The first-order chi connectivity index (χ1) is 12.4. The fraction of sp³-hybridized carbons (Fsp3) is 0.350. The van der Waals surface area contributed by atoms with Crippen molar-refractivity contribution in [2.75, 3.05) is 13.6 Å². The Bertz CT molecular complexity index is 874. The molecule has 1 aliphatic heterocycles. The molecule has 0 aromatic heterocycles. The molecule has 5 nitrogen and oxygen atoms in total. The smallest absolute Gasteiger partial charge is 0.254 e. The Balaban J connectivity index is 1.86. The van der Waals surface area contributed by atoms with Gasteiger partial charge in [-0.15, -0.1) is 0 Å². The van der Waals surface area contributed by atoms with Gasteiger partial charge in [-0.2, -0.15) is 0 Å². The van der Waals surface area contributed by atoms with E-state index in [0.717, 1.165) is 24.8 Å². The zero-order valence-corrected chi connectivity index (χ0v) is 15.9. The number of rotatable bonds is 4. The van der Waals surface area contributed by atoms with E-state index < -0.39 is 10.0 Å². The van der Waals surface area contributed by atoms with Crippen molar-refractivity contribution >= 4 is 15.9 Å². The Morgan fingerprint density at radius 1 is 1.04 bits per heavy atom. The van der Waals surface area contributed by atoms with Crippen LogP contribution in [-0.4, -0.2) is 32.8 Å². The standard InChI is InChI=1S/C20H24N2O3S/c1-15-6-8-16(9-7-15)19-5-3-4-14-22(19)20(23)17-10-12-18(13-11-17)26(24,25)21-2/h6-13,19,21H,3-5,14H2,1-2H3. The molecular formula is C20H24N2O3S. The maximum Gasteiger partial charge on any atom is 0.254 e. The molecule has 0 saturated carbocycles. The molecule has 26 heavy (non-hydrogen) atoms. The number of aryl methyl sites for hydroxylation is 1. The highest BCUT2D eigenvalue weighted by molar-refractivity contribution is 7.89. The topological polar surface area (TPSA) is 66.5 Å². The maximum absolute atomic E-state index is 13.0. The summed E-state index contributed by atoms with van der Waals surface area (Å²) in [5, 5.41) is 0. The number of hydrogen-bond acceptors (Lipinski definition) is 3. The minimum atomic E-state index is -3.50. The average Bonchev–Trinajstić information content (AvgIpc) is 2.68. The van der Waals surface area contributed by atoms with E-state index in [1.165, 1.54) is 24.7 Å². The van der Waals surface area contributed by atoms with Gasteiger partial charge < -0.3 is 4.90 Å². The Hall–Kier alpha value is -2.18. The second-order valence-electron chi connectivity index (χ2n) is 6.65. The van der Waals surface area contributed by atoms with E-state index in [0.29, 0.717) is 12.1 Å². The predicted molar refractivity (Wildman–Crippen MR) is 101 cm³/mol. The van der Waals surface area contributed by atoms with E-state index in [2.05, 4.69) is 29.0 Å². The molecule has 1 aliphatic rings. The van der Waals surface area contributed by atoms with Crippen molar-refractivity contribution in [1.29, 1.82) is 0 Å². The third-order valence-corrected chi connectivity index (χ3v) is 6.34. The molecule has 138 valence electrons. The van der Waals surface area contributed by atoms with Crippen molar-refractivity contribution in [2.45, 2.75) is 37.1 Å². The molecule has 1 heterocycles. The molecule has 0 bridgehead atoms. The molecule has 1 unspecified atom stereocenters. The molecular weight excluding hydrogens is 348 g/mol. The SMILES string of the molecule is CNS(=O)(=O)c1ccc(C(=O)N2CCCCC2c2ccc(C)cc2)cc1. The first-order valence-corrected chi connectivity index (χ1v) is 10.3. The second kappa shape index (κ2) is 7.60. The van der Waals surface area contributed by atoms with Crippen molar-refractivity contribution < 1.29 is 13.2 Å². The van der Waals surface area contributed by atoms with Crippen molar-refractivity contribution in [3.63, 3.8) is 0 Å². The summed E-state index contributed by atoms with van der Waals surface area (Å²) in [7, 11) is -2.13. The zero-order valence-electron chi connectivity index (χ0n) is 15.1. The molecule has 6 heteroatoms. The third-order valence-electron chi connectivity index (χ3n) is 4.91. The van der Waals surface area contributed by atoms with Crippen LogP contribution < -0.4 is 4.72 Å². The monoisotopic (exact) mass is 372 g/mol. The number of carbonyl (C=O) groups excluding carboxylic acids is 1. The number of piperidine rings is 1. The highest BCUT2D eigenvalue weighted by atomic mass is 32.2. The van der Waals surface area contributed by atoms with Gasteiger partial charge in [-0.3, -0.25) is 4.79 Å². The van der Waals surface area contributed by atoms with E-state index in [4.69, 9.17) is 0 Å². The van der Waals surface area contributed by atoms with E-state index in [1.54, 1.807) is 12.1 Å². The number of nitrogens with one attached hydrogen (secondary N) is 1. The highest BCUT2D eigenvalue weighted by Gasteiger charge is 2.28. The number of nitrogens with zero attached hydrogens (tertiary/aromatic N) is 1. The van der Waals surface area contributed by atoms with E-state index in [1.807, 2.05) is 11.8 Å². The molecule has 2 aromatic carbocycles. The summed E-state index contributed by atoms with van der Waals surface area (Å²) in [6.07, 6.45) is 3.03. The number of sulfonamides is 1. The largest absolute Gasteiger partial charge is 0.332 e. The normalized spacial score (nSPS) is 17.9. The molecule has 0 radical (unpaired) electrons. The van der Waals surface area contributed by atoms with Crippen LogP contribution in [0.2, 0.25) is 0 Å². The van der Waals surface area contributed by atoms with Crippen LogP contribution >= 0.6 is 0 Å². The van der Waals surface area contributed by atoms with E-state index in [-0.39, 0.29) is 16.8 Å². The molecule has 0 spiro atoms. The van der Waals surface area contributed by atoms with Crippen LogP contribution in [0.15, 0.2) is 53.4 Å². The Morgan fingerprint density at radius 3 is 2.31 bits per heavy atom. The van der Waals surface area contributed by atoms with Gasteiger partial charge in [0.25, 0.3) is 5.91 Å². The van der Waals surface area contributed by atoms with Gasteiger partial charge in [-0.1, -0.05) is 29.8 Å². The molecule has 1 saturated heterocycles. The van der Waals surface area contributed by atoms with Crippen LogP contribution in [0.5, 0.6) is 0 Å². The van der Waals surface area contributed by atoms with Gasteiger partial charge in [0.15, 0.2) is 0 Å². The lowest BCUT2D eigenvalue weighted by atomic mass is 9.94. The minimum Gasteiger partial charge on any atom is -0.332 e. The van der Waals surface area contributed by atoms with Crippen LogP contribution in [0.25, 0.3) is 0 Å². The average molecular weight is 372 g/mol. The Morgan fingerprint density at radius 2 is 1.69 bits per heavy atom. The van der Waals surface area contributed by atoms with Gasteiger partial charge in [0.1, 0.15) is 0 Å². The van der Waals surface area contributed by atoms with Crippen molar-refractivity contribution in [3.05, 3.63) is 65.2 Å². The van der Waals surface area contributed by atoms with Gasteiger partial charge in [0.05, 0.1) is 10.9 Å². The summed E-state index contributed by atoms with van der Waals surface area (Å²) >= 11 is 0. The van der Waals surface area contributed by atoms with Gasteiger partial charge in [0.2, 0.25) is 10.0 Å². The quantitative estimate of drug-likeness (QED) is 0.896. The van der Waals surface area contributed by atoms with Crippen molar-refractivity contribution in [2.24, 2.45) is 0 Å². The highest BCUT2D eigenvalue weighted by Crippen LogP contribution is 2.32. The zero-order chi connectivity index (χ0) is 18.7. The van der Waals surface area contributed by atoms with Crippen molar-refractivity contribution in [1.82, 2.24) is 9.62 Å². The van der Waals surface area contributed by atoms with Crippen LogP contribution in [0, 0.1) is 6.92 Å². The van der Waals surface area contributed by atoms with Gasteiger partial charge in [0, 0.05) is 12.1 Å². The minimum absolute atomic E-state index is 0.0521. The lowest BCUT2D eigenvalue weighted by Crippen LogP contribution is -2.38. The van der Waals surface area contributed by atoms with Gasteiger partial charge >= 0.3 is 0 Å². The lowest BCUT2D eigenvalue weighted by Gasteiger charge is -2.36. The maximum atomic E-state index is 13.0. The second-order valence-corrected chi connectivity index (χ2v) is 8.54. The van der Waals surface area contributed by atoms with Crippen LogP contribution in [0.3, 0.4) is 0 Å². The molecule has 1 fully saturated rings. The van der Waals surface area contributed by atoms with Crippen LogP contribution in [-0.2, 0) is 10.0 Å². The first-order valence-electron chi connectivity index (χ1n) is 8.83. The van der Waals surface area contributed by atoms with Crippen molar-refractivity contribution in [3.8, 4) is 0 Å². The number of likely N-dealkylation sites (tertiary alicyclic amines) is 1. The molecule has 3 rings (SSSR count). The summed E-state index contributed by atoms with van der Waals surface area (Å²) in [5.74, 6) is -0.0521. The summed E-state index contributed by atoms with van der Waals surface area (Å²) < 4.78 is 26.0. The van der Waals surface area contributed by atoms with Crippen LogP contribution in [0.1, 0.15) is 46.8 Å².